The first-order chi connectivity index (χ1) is 13.0. The Labute approximate surface area is 167 Å². The molecule has 2 aromatic carbocycles. The summed E-state index contributed by atoms with van der Waals surface area (Å²) in [4.78, 5) is 0.0488. The van der Waals surface area contributed by atoms with Crippen LogP contribution in [-0.2, 0) is 14.8 Å². The van der Waals surface area contributed by atoms with Crippen LogP contribution < -0.4 is 9.88 Å². The Bertz CT molecular complexity index is 931. The van der Waals surface area contributed by atoms with Gasteiger partial charge >= 0.3 is 0 Å². The summed E-state index contributed by atoms with van der Waals surface area (Å²) in [6, 6.07) is 13.4. The average Bonchev–Trinajstić information content (AvgIpc) is 2.58. The molecule has 0 fully saturated rings. The molecule has 2 aromatic rings. The number of ether oxygens (including phenoxy) is 2. The molecule has 0 saturated heterocycles. The van der Waals surface area contributed by atoms with Crippen molar-refractivity contribution in [1.82, 2.24) is 0 Å². The summed E-state index contributed by atoms with van der Waals surface area (Å²) in [5, 5.41) is 5.08. The van der Waals surface area contributed by atoms with Gasteiger partial charge in [-0.05, 0) is 82.6 Å². The standard InChI is InChI=1S/C22H27NO4S/c1-17(27-22(2,3)4)7-5-6-8-18-9-11-19(12-10-18)26-20-13-15-21(16-14-20)28(23,24)25/h9-17H,5,7H2,1-4H3,(H2,23,24,25). The van der Waals surface area contributed by atoms with Crippen LogP contribution in [0.2, 0.25) is 0 Å². The summed E-state index contributed by atoms with van der Waals surface area (Å²) in [6.07, 6.45) is 1.83. The van der Waals surface area contributed by atoms with Crippen molar-refractivity contribution in [3.63, 3.8) is 0 Å². The van der Waals surface area contributed by atoms with Gasteiger partial charge in [0.1, 0.15) is 11.5 Å². The van der Waals surface area contributed by atoms with E-state index in [0.29, 0.717) is 11.5 Å². The molecule has 0 aliphatic carbocycles. The lowest BCUT2D eigenvalue weighted by molar-refractivity contribution is -0.0534. The van der Waals surface area contributed by atoms with Gasteiger partial charge in [0.25, 0.3) is 0 Å². The van der Waals surface area contributed by atoms with Crippen molar-refractivity contribution in [3.8, 4) is 23.3 Å². The van der Waals surface area contributed by atoms with E-state index >= 15 is 0 Å². The molecule has 1 atom stereocenters. The monoisotopic (exact) mass is 401 g/mol. The smallest absolute Gasteiger partial charge is 0.238 e. The Morgan fingerprint density at radius 2 is 1.54 bits per heavy atom. The number of nitrogens with two attached hydrogens (primary N) is 1. The van der Waals surface area contributed by atoms with Crippen molar-refractivity contribution in [2.45, 2.75) is 57.1 Å². The SMILES string of the molecule is CC(CCC#Cc1ccc(Oc2ccc(S(N)(=O)=O)cc2)cc1)OC(C)(C)C. The van der Waals surface area contributed by atoms with E-state index in [4.69, 9.17) is 14.6 Å². The maximum atomic E-state index is 11.3. The van der Waals surface area contributed by atoms with Gasteiger partial charge in [0.15, 0.2) is 0 Å². The Morgan fingerprint density at radius 1 is 1.00 bits per heavy atom. The zero-order valence-electron chi connectivity index (χ0n) is 16.7. The van der Waals surface area contributed by atoms with Crippen molar-refractivity contribution < 1.29 is 17.9 Å². The van der Waals surface area contributed by atoms with Crippen molar-refractivity contribution in [3.05, 3.63) is 54.1 Å². The van der Waals surface area contributed by atoms with E-state index in [-0.39, 0.29) is 16.6 Å². The number of sulfonamides is 1. The molecule has 150 valence electrons. The van der Waals surface area contributed by atoms with Crippen LogP contribution in [0.5, 0.6) is 11.5 Å². The number of primary sulfonamides is 1. The predicted octanol–water partition coefficient (Wildman–Crippen LogP) is 4.46. The van der Waals surface area contributed by atoms with Crippen molar-refractivity contribution >= 4 is 10.0 Å². The Balaban J connectivity index is 1.88. The molecule has 0 saturated carbocycles. The minimum atomic E-state index is -3.70. The highest BCUT2D eigenvalue weighted by atomic mass is 32.2. The van der Waals surface area contributed by atoms with Gasteiger partial charge in [-0.3, -0.25) is 0 Å². The Morgan fingerprint density at radius 3 is 2.04 bits per heavy atom. The van der Waals surface area contributed by atoms with Gasteiger partial charge < -0.3 is 9.47 Å². The highest BCUT2D eigenvalue weighted by molar-refractivity contribution is 7.89. The third-order valence-electron chi connectivity index (χ3n) is 3.71. The van der Waals surface area contributed by atoms with Crippen LogP contribution in [0.3, 0.4) is 0 Å². The minimum absolute atomic E-state index is 0.0488. The number of rotatable bonds is 6. The second-order valence-corrected chi connectivity index (χ2v) is 9.09. The lowest BCUT2D eigenvalue weighted by Crippen LogP contribution is -2.25. The zero-order chi connectivity index (χ0) is 20.8. The molecule has 6 heteroatoms. The number of hydrogen-bond acceptors (Lipinski definition) is 4. The fourth-order valence-corrected chi connectivity index (χ4v) is 3.06. The Hall–Kier alpha value is -2.33. The third-order valence-corrected chi connectivity index (χ3v) is 4.63. The van der Waals surface area contributed by atoms with Crippen LogP contribution in [-0.4, -0.2) is 20.1 Å². The molecule has 0 aliphatic rings. The second-order valence-electron chi connectivity index (χ2n) is 7.52. The summed E-state index contributed by atoms with van der Waals surface area (Å²) >= 11 is 0. The van der Waals surface area contributed by atoms with Crippen molar-refractivity contribution in [2.75, 3.05) is 0 Å². The van der Waals surface area contributed by atoms with Crippen molar-refractivity contribution in [2.24, 2.45) is 5.14 Å². The highest BCUT2D eigenvalue weighted by Gasteiger charge is 2.14. The van der Waals surface area contributed by atoms with E-state index < -0.39 is 10.0 Å². The van der Waals surface area contributed by atoms with Crippen molar-refractivity contribution in [1.29, 1.82) is 0 Å². The minimum Gasteiger partial charge on any atom is -0.457 e. The first-order valence-corrected chi connectivity index (χ1v) is 10.6. The molecule has 0 heterocycles. The average molecular weight is 402 g/mol. The first-order valence-electron chi connectivity index (χ1n) is 9.10. The molecule has 1 unspecified atom stereocenters. The van der Waals surface area contributed by atoms with Gasteiger partial charge in [-0.25, -0.2) is 13.6 Å². The molecule has 0 amide bonds. The summed E-state index contributed by atoms with van der Waals surface area (Å²) in [5.41, 5.74) is 0.767. The number of hydrogen-bond donors (Lipinski definition) is 1. The summed E-state index contributed by atoms with van der Waals surface area (Å²) in [7, 11) is -3.70. The van der Waals surface area contributed by atoms with Gasteiger partial charge in [-0.15, -0.1) is 0 Å². The lowest BCUT2D eigenvalue weighted by Gasteiger charge is -2.24. The summed E-state index contributed by atoms with van der Waals surface area (Å²) < 4.78 is 34.1. The molecule has 28 heavy (non-hydrogen) atoms. The largest absolute Gasteiger partial charge is 0.457 e. The molecular weight excluding hydrogens is 374 g/mol. The predicted molar refractivity (Wildman–Crippen MR) is 111 cm³/mol. The van der Waals surface area contributed by atoms with Crippen LogP contribution in [0.15, 0.2) is 53.4 Å². The van der Waals surface area contributed by atoms with Gasteiger partial charge in [0, 0.05) is 12.0 Å². The maximum absolute atomic E-state index is 11.3. The molecular formula is C22H27NO4S. The van der Waals surface area contributed by atoms with E-state index in [1.54, 1.807) is 12.1 Å². The topological polar surface area (TPSA) is 78.6 Å². The van der Waals surface area contributed by atoms with E-state index in [1.807, 2.05) is 45.0 Å². The molecule has 0 radical (unpaired) electrons. The van der Waals surface area contributed by atoms with Crippen LogP contribution in [0.4, 0.5) is 0 Å². The van der Waals surface area contributed by atoms with Crippen LogP contribution >= 0.6 is 0 Å². The van der Waals surface area contributed by atoms with E-state index in [2.05, 4.69) is 18.8 Å². The van der Waals surface area contributed by atoms with E-state index in [1.165, 1.54) is 12.1 Å². The molecule has 0 aliphatic heterocycles. The normalized spacial score (nSPS) is 12.8. The molecule has 5 nitrogen and oxygen atoms in total. The fraction of sp³-hybridized carbons (Fsp3) is 0.364. The quantitative estimate of drug-likeness (QED) is 0.725. The molecule has 2 N–H and O–H groups in total. The van der Waals surface area contributed by atoms with E-state index in [9.17, 15) is 8.42 Å². The maximum Gasteiger partial charge on any atom is 0.238 e. The molecule has 0 aromatic heterocycles. The lowest BCUT2D eigenvalue weighted by atomic mass is 10.1. The third kappa shape index (κ3) is 7.73. The number of benzene rings is 2. The first kappa shape index (κ1) is 22.0. The van der Waals surface area contributed by atoms with Gasteiger partial charge in [-0.1, -0.05) is 11.8 Å². The molecule has 2 rings (SSSR count). The van der Waals surface area contributed by atoms with Gasteiger partial charge in [0.05, 0.1) is 16.6 Å². The molecule has 0 spiro atoms. The van der Waals surface area contributed by atoms with Crippen LogP contribution in [0.25, 0.3) is 0 Å². The summed E-state index contributed by atoms with van der Waals surface area (Å²) in [6.45, 7) is 8.21. The van der Waals surface area contributed by atoms with Gasteiger partial charge in [0.2, 0.25) is 10.0 Å². The van der Waals surface area contributed by atoms with Crippen LogP contribution in [0.1, 0.15) is 46.1 Å². The zero-order valence-corrected chi connectivity index (χ0v) is 17.5. The Kier molecular flexibility index (Phi) is 7.25. The van der Waals surface area contributed by atoms with Gasteiger partial charge in [-0.2, -0.15) is 0 Å². The summed E-state index contributed by atoms with van der Waals surface area (Å²) in [5.74, 6) is 7.47. The van der Waals surface area contributed by atoms with Crippen LogP contribution in [0, 0.1) is 11.8 Å². The fourth-order valence-electron chi connectivity index (χ4n) is 2.54. The molecule has 0 bridgehead atoms. The highest BCUT2D eigenvalue weighted by Crippen LogP contribution is 2.23. The van der Waals surface area contributed by atoms with E-state index in [0.717, 1.165) is 18.4 Å². The second kappa shape index (κ2) is 9.24.